The summed E-state index contributed by atoms with van der Waals surface area (Å²) in [6, 6.07) is 5.50. The molecule has 0 amide bonds. The Morgan fingerprint density at radius 1 is 1.23 bits per heavy atom. The summed E-state index contributed by atoms with van der Waals surface area (Å²) in [6.45, 7) is 3.34. The Morgan fingerprint density at radius 3 is 2.27 bits per heavy atom. The van der Waals surface area contributed by atoms with Gasteiger partial charge < -0.3 is 9.84 Å². The number of carboxylic acid groups (broad SMARTS) is 1. The van der Waals surface area contributed by atoms with E-state index in [1.165, 1.54) is 43.7 Å². The van der Waals surface area contributed by atoms with Crippen molar-refractivity contribution in [1.29, 1.82) is 0 Å². The number of hydrogen-bond acceptors (Lipinski definition) is 5. The molecule has 0 atom stereocenters. The summed E-state index contributed by atoms with van der Waals surface area (Å²) >= 11 is 0. The number of sulfone groups is 1. The van der Waals surface area contributed by atoms with Crippen molar-refractivity contribution >= 4 is 22.0 Å². The van der Waals surface area contributed by atoms with Gasteiger partial charge in [-0.15, -0.1) is 0 Å². The van der Waals surface area contributed by atoms with Crippen LogP contribution >= 0.6 is 0 Å². The summed E-state index contributed by atoms with van der Waals surface area (Å²) in [5.74, 6) is -1.05. The molecule has 6 nitrogen and oxygen atoms in total. The predicted octanol–water partition coefficient (Wildman–Crippen LogP) is 2.43. The fourth-order valence-electron chi connectivity index (χ4n) is 1.60. The van der Waals surface area contributed by atoms with Gasteiger partial charge in [0.05, 0.1) is 12.0 Å². The van der Waals surface area contributed by atoms with E-state index in [4.69, 9.17) is 4.74 Å². The first kappa shape index (κ1) is 17.6. The van der Waals surface area contributed by atoms with Crippen LogP contribution in [-0.4, -0.2) is 32.8 Å². The molecule has 0 saturated carbocycles. The van der Waals surface area contributed by atoms with Crippen molar-refractivity contribution in [2.45, 2.75) is 18.7 Å². The molecule has 1 N–H and O–H groups in total. The Morgan fingerprint density at radius 2 is 1.82 bits per heavy atom. The molecule has 1 aromatic carbocycles. The number of nitrogens with zero attached hydrogens (tertiary/aromatic N) is 1. The molecule has 1 aromatic rings. The topological polar surface area (TPSA) is 93.0 Å². The zero-order valence-corrected chi connectivity index (χ0v) is 13.3. The van der Waals surface area contributed by atoms with Crippen LogP contribution in [0, 0.1) is 0 Å². The van der Waals surface area contributed by atoms with E-state index in [1.54, 1.807) is 13.8 Å². The zero-order chi connectivity index (χ0) is 16.8. The van der Waals surface area contributed by atoms with Crippen LogP contribution in [0.4, 0.5) is 0 Å². The summed E-state index contributed by atoms with van der Waals surface area (Å²) in [7, 11) is -2.67. The van der Waals surface area contributed by atoms with E-state index in [9.17, 15) is 18.3 Å². The minimum Gasteiger partial charge on any atom is -0.497 e. The molecule has 0 spiro atoms. The van der Waals surface area contributed by atoms with Gasteiger partial charge in [0.25, 0.3) is 0 Å². The van der Waals surface area contributed by atoms with E-state index < -0.39 is 20.7 Å². The van der Waals surface area contributed by atoms with Gasteiger partial charge in [0.2, 0.25) is 9.84 Å². The number of methoxy groups -OCH3 is 1. The lowest BCUT2D eigenvalue weighted by Crippen LogP contribution is -2.13. The van der Waals surface area contributed by atoms with Gasteiger partial charge in [0, 0.05) is 11.9 Å². The van der Waals surface area contributed by atoms with Gasteiger partial charge in [0.1, 0.15) is 5.75 Å². The SMILES string of the molecule is CC=N/C(C)=C/C=C(/C(=O)O)S(=O)(=O)c1ccc(OC)cc1. The Hall–Kier alpha value is -2.41. The second-order valence-electron chi connectivity index (χ2n) is 4.21. The van der Waals surface area contributed by atoms with Gasteiger partial charge in [-0.25, -0.2) is 13.2 Å². The zero-order valence-electron chi connectivity index (χ0n) is 12.5. The number of hydrogen-bond donors (Lipinski definition) is 1. The summed E-state index contributed by atoms with van der Waals surface area (Å²) in [5, 5.41) is 9.17. The lowest BCUT2D eigenvalue weighted by molar-refractivity contribution is -0.131. The number of carbonyl (C=O) groups is 1. The molecule has 0 saturated heterocycles. The van der Waals surface area contributed by atoms with Crippen LogP contribution in [0.25, 0.3) is 0 Å². The van der Waals surface area contributed by atoms with Gasteiger partial charge in [-0.3, -0.25) is 4.99 Å². The second-order valence-corrected chi connectivity index (χ2v) is 6.13. The van der Waals surface area contributed by atoms with Crippen LogP contribution in [0.5, 0.6) is 5.75 Å². The molecule has 0 fully saturated rings. The van der Waals surface area contributed by atoms with Gasteiger partial charge in [-0.1, -0.05) is 0 Å². The first-order valence-electron chi connectivity index (χ1n) is 6.32. The third-order valence-electron chi connectivity index (χ3n) is 2.68. The van der Waals surface area contributed by atoms with Crippen molar-refractivity contribution < 1.29 is 23.1 Å². The lowest BCUT2D eigenvalue weighted by Gasteiger charge is -2.06. The molecule has 0 unspecified atom stereocenters. The van der Waals surface area contributed by atoms with Crippen LogP contribution in [0.2, 0.25) is 0 Å². The van der Waals surface area contributed by atoms with E-state index in [0.29, 0.717) is 11.4 Å². The molecule has 0 aliphatic carbocycles. The van der Waals surface area contributed by atoms with Crippen molar-refractivity contribution in [2.75, 3.05) is 7.11 Å². The highest BCUT2D eigenvalue weighted by atomic mass is 32.2. The number of benzene rings is 1. The first-order chi connectivity index (χ1) is 10.3. The van der Waals surface area contributed by atoms with Crippen molar-refractivity contribution in [3.63, 3.8) is 0 Å². The predicted molar refractivity (Wildman–Crippen MR) is 83.8 cm³/mol. The van der Waals surface area contributed by atoms with Gasteiger partial charge >= 0.3 is 5.97 Å². The minimum absolute atomic E-state index is 0.119. The van der Waals surface area contributed by atoms with E-state index in [0.717, 1.165) is 6.08 Å². The number of allylic oxidation sites excluding steroid dienone is 3. The molecule has 118 valence electrons. The number of aliphatic carboxylic acids is 1. The molecule has 0 aliphatic rings. The highest BCUT2D eigenvalue weighted by Gasteiger charge is 2.26. The van der Waals surface area contributed by atoms with Crippen LogP contribution in [0.3, 0.4) is 0 Å². The molecule has 22 heavy (non-hydrogen) atoms. The van der Waals surface area contributed by atoms with Gasteiger partial charge in [-0.2, -0.15) is 0 Å². The second kappa shape index (κ2) is 7.56. The maximum absolute atomic E-state index is 12.4. The quantitative estimate of drug-likeness (QED) is 0.493. The fourth-order valence-corrected chi connectivity index (χ4v) is 2.83. The van der Waals surface area contributed by atoms with Crippen LogP contribution in [0.15, 0.2) is 56.9 Å². The molecule has 0 aromatic heterocycles. The number of aliphatic imine (C=N–C) groups is 1. The monoisotopic (exact) mass is 323 g/mol. The Labute approximate surface area is 129 Å². The van der Waals surface area contributed by atoms with E-state index in [1.807, 2.05) is 0 Å². The molecular weight excluding hydrogens is 306 g/mol. The molecule has 7 heteroatoms. The highest BCUT2D eigenvalue weighted by molar-refractivity contribution is 7.96. The number of carboxylic acids is 1. The van der Waals surface area contributed by atoms with Crippen molar-refractivity contribution in [1.82, 2.24) is 0 Å². The van der Waals surface area contributed by atoms with E-state index in [2.05, 4.69) is 4.99 Å². The third-order valence-corrected chi connectivity index (χ3v) is 4.46. The summed E-state index contributed by atoms with van der Waals surface area (Å²) < 4.78 is 29.7. The maximum Gasteiger partial charge on any atom is 0.347 e. The highest BCUT2D eigenvalue weighted by Crippen LogP contribution is 2.22. The van der Waals surface area contributed by atoms with Crippen LogP contribution in [-0.2, 0) is 14.6 Å². The standard InChI is InChI=1S/C15H17NO5S/c1-4-16-11(2)5-10-14(15(17)18)22(19,20)13-8-6-12(21-3)7-9-13/h4-10H,1-3H3,(H,17,18)/b11-5+,14-10-,16-4?. The first-order valence-corrected chi connectivity index (χ1v) is 7.81. The largest absolute Gasteiger partial charge is 0.497 e. The molecular formula is C15H17NO5S. The smallest absolute Gasteiger partial charge is 0.347 e. The number of ether oxygens (including phenoxy) is 1. The molecule has 0 heterocycles. The van der Waals surface area contributed by atoms with Crippen molar-refractivity contribution in [3.8, 4) is 5.75 Å². The normalized spacial score (nSPS) is 13.4. The Bertz CT molecular complexity index is 728. The minimum atomic E-state index is -4.13. The average Bonchev–Trinajstić information content (AvgIpc) is 2.47. The molecule has 1 rings (SSSR count). The fraction of sp³-hybridized carbons (Fsp3) is 0.200. The van der Waals surface area contributed by atoms with Crippen LogP contribution in [0.1, 0.15) is 13.8 Å². The molecule has 0 aliphatic heterocycles. The maximum atomic E-state index is 12.4. The van der Waals surface area contributed by atoms with Crippen LogP contribution < -0.4 is 4.74 Å². The Kier molecular flexibility index (Phi) is 6.06. The Balaban J connectivity index is 3.32. The van der Waals surface area contributed by atoms with Crippen molar-refractivity contribution in [2.24, 2.45) is 4.99 Å². The van der Waals surface area contributed by atoms with Gasteiger partial charge in [-0.05, 0) is 50.3 Å². The summed E-state index contributed by atoms with van der Waals surface area (Å²) in [4.78, 5) is 14.4. The number of rotatable bonds is 6. The van der Waals surface area contributed by atoms with E-state index in [-0.39, 0.29) is 4.90 Å². The van der Waals surface area contributed by atoms with Gasteiger partial charge in [0.15, 0.2) is 4.91 Å². The molecule has 0 radical (unpaired) electrons. The molecule has 0 bridgehead atoms. The van der Waals surface area contributed by atoms with Crippen molar-refractivity contribution in [3.05, 3.63) is 47.0 Å². The summed E-state index contributed by atoms with van der Waals surface area (Å²) in [5.41, 5.74) is 0.492. The third kappa shape index (κ3) is 4.29. The van der Waals surface area contributed by atoms with E-state index >= 15 is 0 Å². The lowest BCUT2D eigenvalue weighted by atomic mass is 10.3. The average molecular weight is 323 g/mol. The summed E-state index contributed by atoms with van der Waals surface area (Å²) in [6.07, 6.45) is 3.90.